The summed E-state index contributed by atoms with van der Waals surface area (Å²) >= 11 is -0.223. The molecule has 0 aromatic heterocycles. The van der Waals surface area contributed by atoms with Crippen molar-refractivity contribution in [2.45, 2.75) is 54.6 Å². The zero-order chi connectivity index (χ0) is 33.3. The first kappa shape index (κ1) is 34.6. The van der Waals surface area contributed by atoms with Crippen molar-refractivity contribution in [1.82, 2.24) is 0 Å². The topological polar surface area (TPSA) is 9.72 Å². The van der Waals surface area contributed by atoms with Crippen LogP contribution in [0.1, 0.15) is 50.1 Å². The van der Waals surface area contributed by atoms with E-state index < -0.39 is 0 Å². The van der Waals surface area contributed by atoms with Gasteiger partial charge in [-0.2, -0.15) is 6.67 Å². The summed E-state index contributed by atoms with van der Waals surface area (Å²) in [5, 5.41) is 0. The molecule has 0 spiro atoms. The van der Waals surface area contributed by atoms with Gasteiger partial charge in [-0.25, -0.2) is 0 Å². The van der Waals surface area contributed by atoms with Gasteiger partial charge in [0.25, 0.3) is 0 Å². The molecule has 0 amide bonds. The van der Waals surface area contributed by atoms with Gasteiger partial charge < -0.3 is 9.80 Å². The Morgan fingerprint density at radius 2 is 1.11 bits per heavy atom. The predicted molar refractivity (Wildman–Crippen MR) is 201 cm³/mol. The Kier molecular flexibility index (Phi) is 12.1. The molecule has 6 rings (SSSR count). The number of rotatable bonds is 8. The van der Waals surface area contributed by atoms with Crippen molar-refractivity contribution >= 4 is 31.4 Å². The molecule has 0 aliphatic carbocycles. The predicted octanol–water partition coefficient (Wildman–Crippen LogP) is 10.3. The molecule has 0 N–H and O–H groups in total. The van der Waals surface area contributed by atoms with Crippen LogP contribution in [0.3, 0.4) is 0 Å². The van der Waals surface area contributed by atoms with E-state index in [0.717, 1.165) is 26.2 Å². The van der Waals surface area contributed by atoms with Crippen LogP contribution in [0.4, 0.5) is 17.1 Å². The van der Waals surface area contributed by atoms with Crippen LogP contribution < -0.4 is 14.7 Å². The number of benzene rings is 5. The van der Waals surface area contributed by atoms with E-state index in [-0.39, 0.29) is 15.7 Å². The van der Waals surface area contributed by atoms with E-state index in [4.69, 9.17) is 9.69 Å². The molecule has 1 aliphatic rings. The van der Waals surface area contributed by atoms with Crippen molar-refractivity contribution in [3.05, 3.63) is 166 Å². The SMILES string of the molecule is Cc1cc(C)c(N2[CH-]N(c3c(C)cc(C)cc3C)CC2)c(C)c1.[Cl][Ru]=[CH]c1ccccc1CN(Cc1ccccc1)c1ccccc1. The summed E-state index contributed by atoms with van der Waals surface area (Å²) in [5.74, 6) is 0. The summed E-state index contributed by atoms with van der Waals surface area (Å²) in [7, 11) is 6.01. The fourth-order valence-electron chi connectivity index (χ4n) is 6.80. The molecule has 0 atom stereocenters. The number of anilines is 3. The molecule has 1 fully saturated rings. The van der Waals surface area contributed by atoms with Crippen molar-refractivity contribution in [2.24, 2.45) is 0 Å². The Labute approximate surface area is 294 Å². The molecule has 3 nitrogen and oxygen atoms in total. The fraction of sp³-hybridized carbons (Fsp3) is 0.238. The zero-order valence-corrected chi connectivity index (χ0v) is 30.9. The molecule has 1 heterocycles. The van der Waals surface area contributed by atoms with Gasteiger partial charge in [0.15, 0.2) is 0 Å². The average molecular weight is 729 g/mol. The zero-order valence-electron chi connectivity index (χ0n) is 28.4. The number of hydrogen-bond acceptors (Lipinski definition) is 3. The van der Waals surface area contributed by atoms with Crippen LogP contribution >= 0.6 is 9.69 Å². The third kappa shape index (κ3) is 9.01. The molecule has 1 aliphatic heterocycles. The fourth-order valence-corrected chi connectivity index (χ4v) is 7.98. The second-order valence-corrected chi connectivity index (χ2v) is 14.3. The van der Waals surface area contributed by atoms with Crippen LogP contribution in [0.15, 0.2) is 109 Å². The third-order valence-electron chi connectivity index (χ3n) is 8.61. The maximum absolute atomic E-state index is 6.01. The van der Waals surface area contributed by atoms with E-state index in [1.165, 1.54) is 67.1 Å². The molecule has 245 valence electrons. The maximum atomic E-state index is 6.01. The molecule has 5 heteroatoms. The van der Waals surface area contributed by atoms with Gasteiger partial charge >= 0.3 is 155 Å². The van der Waals surface area contributed by atoms with Crippen LogP contribution in [0.5, 0.6) is 0 Å². The second kappa shape index (κ2) is 16.4. The average Bonchev–Trinajstić information content (AvgIpc) is 3.51. The Bertz CT molecular complexity index is 1690. The minimum absolute atomic E-state index is 0.223. The first-order chi connectivity index (χ1) is 22.7. The van der Waals surface area contributed by atoms with Crippen molar-refractivity contribution in [2.75, 3.05) is 27.8 Å². The number of aryl methyl sites for hydroxylation is 6. The van der Waals surface area contributed by atoms with Gasteiger partial charge in [-0.3, -0.25) is 0 Å². The number of nitrogens with zero attached hydrogens (tertiary/aromatic N) is 3. The quantitative estimate of drug-likeness (QED) is 0.116. The monoisotopic (exact) mass is 729 g/mol. The summed E-state index contributed by atoms with van der Waals surface area (Å²) in [6.07, 6.45) is 0. The van der Waals surface area contributed by atoms with E-state index in [2.05, 4.69) is 177 Å². The van der Waals surface area contributed by atoms with Gasteiger partial charge in [-0.1, -0.05) is 35.4 Å². The second-order valence-electron chi connectivity index (χ2n) is 12.6. The first-order valence-corrected chi connectivity index (χ1v) is 19.5. The molecule has 0 radical (unpaired) electrons. The van der Waals surface area contributed by atoms with Crippen molar-refractivity contribution in [3.8, 4) is 0 Å². The van der Waals surface area contributed by atoms with E-state index in [9.17, 15) is 0 Å². The minimum atomic E-state index is -0.223. The van der Waals surface area contributed by atoms with E-state index in [1.54, 1.807) is 0 Å². The molecular weight excluding hydrogens is 683 g/mol. The van der Waals surface area contributed by atoms with Crippen molar-refractivity contribution in [3.63, 3.8) is 0 Å². The molecule has 0 saturated carbocycles. The third-order valence-corrected chi connectivity index (χ3v) is 9.79. The summed E-state index contributed by atoms with van der Waals surface area (Å²) < 4.78 is 2.16. The normalized spacial score (nSPS) is 12.9. The van der Waals surface area contributed by atoms with Crippen LogP contribution in [0.25, 0.3) is 0 Å². The van der Waals surface area contributed by atoms with Crippen LogP contribution in [-0.2, 0) is 28.8 Å². The van der Waals surface area contributed by atoms with Crippen LogP contribution in [-0.4, -0.2) is 17.7 Å². The van der Waals surface area contributed by atoms with Crippen LogP contribution in [0.2, 0.25) is 0 Å². The van der Waals surface area contributed by atoms with Gasteiger partial charge in [-0.15, -0.1) is 0 Å². The molecule has 5 aromatic carbocycles. The summed E-state index contributed by atoms with van der Waals surface area (Å²) in [6, 6.07) is 38.8. The molecule has 47 heavy (non-hydrogen) atoms. The summed E-state index contributed by atoms with van der Waals surface area (Å²) in [6.45, 7) is 19.3. The Balaban J connectivity index is 0.000000185. The van der Waals surface area contributed by atoms with E-state index >= 15 is 0 Å². The van der Waals surface area contributed by atoms with E-state index in [1.807, 2.05) is 0 Å². The van der Waals surface area contributed by atoms with Crippen molar-refractivity contribution < 1.29 is 15.7 Å². The Hall–Kier alpha value is -3.72. The molecule has 0 unspecified atom stereocenters. The molecule has 5 aromatic rings. The Morgan fingerprint density at radius 3 is 1.62 bits per heavy atom. The van der Waals surface area contributed by atoms with E-state index in [0.29, 0.717) is 0 Å². The summed E-state index contributed by atoms with van der Waals surface area (Å²) in [5.41, 5.74) is 15.9. The van der Waals surface area contributed by atoms with Gasteiger partial charge in [0.05, 0.1) is 0 Å². The van der Waals surface area contributed by atoms with Gasteiger partial charge in [0, 0.05) is 24.5 Å². The standard InChI is InChI=1S/C21H27N2.C21H19N.ClH.Ru/c1-14-9-16(3)20(17(4)10-14)22-7-8-23(13-22)21-18(5)11-15(2)12-19(21)6;1-18-10-8-9-13-20(18)17-22(21-14-6-3-7-15-21)16-19-11-4-2-5-12-19;;/h9-13H,7-8H2,1-6H3;1-15H,16-17H2;1H;/q-1;;;+1/p-1. The summed E-state index contributed by atoms with van der Waals surface area (Å²) in [4.78, 5) is 7.22. The number of para-hydroxylation sites is 1. The van der Waals surface area contributed by atoms with Crippen LogP contribution in [0, 0.1) is 48.2 Å². The molecule has 0 bridgehead atoms. The van der Waals surface area contributed by atoms with Gasteiger partial charge in [0.2, 0.25) is 0 Å². The molecular formula is C42H46ClN3Ru-. The number of halogens is 1. The number of hydrogen-bond donors (Lipinski definition) is 0. The van der Waals surface area contributed by atoms with Crippen molar-refractivity contribution in [1.29, 1.82) is 0 Å². The van der Waals surface area contributed by atoms with Gasteiger partial charge in [-0.05, 0) is 63.8 Å². The van der Waals surface area contributed by atoms with Gasteiger partial charge in [0.1, 0.15) is 0 Å². The first-order valence-electron chi connectivity index (χ1n) is 16.2. The Morgan fingerprint density at radius 1 is 0.638 bits per heavy atom. The molecule has 1 saturated heterocycles.